The van der Waals surface area contributed by atoms with E-state index in [0.717, 1.165) is 12.8 Å². The second-order valence-corrected chi connectivity index (χ2v) is 2.76. The van der Waals surface area contributed by atoms with E-state index in [0.29, 0.717) is 13.0 Å². The van der Waals surface area contributed by atoms with Crippen molar-refractivity contribution in [2.24, 2.45) is 0 Å². The number of rotatable bonds is 0. The van der Waals surface area contributed by atoms with Gasteiger partial charge in [0.25, 0.3) is 0 Å². The molecule has 1 rings (SSSR count). The van der Waals surface area contributed by atoms with Gasteiger partial charge in [0, 0.05) is 11.8 Å². The highest BCUT2D eigenvalue weighted by molar-refractivity contribution is 6.20. The number of carbonyl (C=O) groups is 1. The van der Waals surface area contributed by atoms with Crippen molar-refractivity contribution in [2.45, 2.75) is 24.6 Å². The third-order valence-corrected chi connectivity index (χ3v) is 1.79. The summed E-state index contributed by atoms with van der Waals surface area (Å²) in [7, 11) is 0. The summed E-state index contributed by atoms with van der Waals surface area (Å²) in [5, 5.41) is 0.136. The van der Waals surface area contributed by atoms with E-state index in [2.05, 4.69) is 0 Å². The molecule has 1 aliphatic heterocycles. The minimum absolute atomic E-state index is 0.113. The van der Waals surface area contributed by atoms with E-state index in [1.165, 1.54) is 0 Å². The number of cyclic esters (lactones) is 1. The molecular formula is C6H9ClO2. The highest BCUT2D eigenvalue weighted by Crippen LogP contribution is 2.14. The van der Waals surface area contributed by atoms with Crippen molar-refractivity contribution in [3.63, 3.8) is 0 Å². The fraction of sp³-hybridized carbons (Fsp3) is 0.833. The molecule has 3 heteroatoms. The summed E-state index contributed by atoms with van der Waals surface area (Å²) in [6, 6.07) is 0. The summed E-state index contributed by atoms with van der Waals surface area (Å²) in [5.74, 6) is -0.113. The second-order valence-electron chi connectivity index (χ2n) is 2.15. The van der Waals surface area contributed by atoms with Crippen LogP contribution in [0.15, 0.2) is 0 Å². The van der Waals surface area contributed by atoms with Crippen LogP contribution in [0.4, 0.5) is 0 Å². The molecule has 0 amide bonds. The van der Waals surface area contributed by atoms with Crippen LogP contribution < -0.4 is 0 Å². The summed E-state index contributed by atoms with van der Waals surface area (Å²) in [4.78, 5) is 10.5. The summed E-state index contributed by atoms with van der Waals surface area (Å²) in [6.45, 7) is 0.493. The summed E-state index contributed by atoms with van der Waals surface area (Å²) >= 11 is 5.75. The van der Waals surface area contributed by atoms with Gasteiger partial charge < -0.3 is 4.74 Å². The van der Waals surface area contributed by atoms with Crippen LogP contribution in [0.5, 0.6) is 0 Å². The summed E-state index contributed by atoms with van der Waals surface area (Å²) in [5.41, 5.74) is 0. The van der Waals surface area contributed by atoms with Gasteiger partial charge in [0.15, 0.2) is 0 Å². The molecule has 1 heterocycles. The molecule has 0 spiro atoms. The number of esters is 1. The van der Waals surface area contributed by atoms with Crippen molar-refractivity contribution in [1.82, 2.24) is 0 Å². The summed E-state index contributed by atoms with van der Waals surface area (Å²) in [6.07, 6.45) is 2.04. The lowest BCUT2D eigenvalue weighted by Crippen LogP contribution is -2.00. The number of hydrogen-bond donors (Lipinski definition) is 0. The van der Waals surface area contributed by atoms with Crippen LogP contribution in [0, 0.1) is 0 Å². The Balaban J connectivity index is 2.34. The molecule has 1 atom stereocenters. The normalized spacial score (nSPS) is 29.0. The Bertz CT molecular complexity index is 114. The molecule has 0 bridgehead atoms. The molecule has 0 radical (unpaired) electrons. The van der Waals surface area contributed by atoms with Gasteiger partial charge in [-0.1, -0.05) is 0 Å². The van der Waals surface area contributed by atoms with Gasteiger partial charge in [0.05, 0.1) is 6.61 Å². The SMILES string of the molecule is O=C1CCC(Cl)CCO1. The van der Waals surface area contributed by atoms with Gasteiger partial charge in [-0.25, -0.2) is 0 Å². The average Bonchev–Trinajstić information content (AvgIpc) is 1.97. The standard InChI is InChI=1S/C6H9ClO2/c7-5-1-2-6(8)9-4-3-5/h5H,1-4H2. The lowest BCUT2D eigenvalue weighted by atomic mass is 10.2. The van der Waals surface area contributed by atoms with Crippen molar-refractivity contribution in [2.75, 3.05) is 6.61 Å². The molecule has 1 aliphatic rings. The van der Waals surface area contributed by atoms with Gasteiger partial charge in [-0.3, -0.25) is 4.79 Å². The maximum Gasteiger partial charge on any atom is 0.305 e. The first-order valence-corrected chi connectivity index (χ1v) is 3.52. The number of ether oxygens (including phenoxy) is 1. The van der Waals surface area contributed by atoms with Gasteiger partial charge in [0.1, 0.15) is 0 Å². The average molecular weight is 149 g/mol. The van der Waals surface area contributed by atoms with Crippen LogP contribution in [0.25, 0.3) is 0 Å². The maximum atomic E-state index is 10.5. The molecule has 2 nitrogen and oxygen atoms in total. The van der Waals surface area contributed by atoms with Crippen molar-refractivity contribution in [3.05, 3.63) is 0 Å². The molecule has 52 valence electrons. The Hall–Kier alpha value is -0.240. The lowest BCUT2D eigenvalue weighted by molar-refractivity contribution is -0.142. The molecule has 1 fully saturated rings. The Kier molecular flexibility index (Phi) is 2.34. The van der Waals surface area contributed by atoms with Gasteiger partial charge in [-0.15, -0.1) is 11.6 Å². The maximum absolute atomic E-state index is 10.5. The van der Waals surface area contributed by atoms with Crippen LogP contribution >= 0.6 is 11.6 Å². The highest BCUT2D eigenvalue weighted by atomic mass is 35.5. The van der Waals surface area contributed by atoms with Crippen LogP contribution in [0.3, 0.4) is 0 Å². The van der Waals surface area contributed by atoms with E-state index in [-0.39, 0.29) is 11.3 Å². The quantitative estimate of drug-likeness (QED) is 0.383. The third-order valence-electron chi connectivity index (χ3n) is 1.36. The molecule has 0 aromatic heterocycles. The first-order chi connectivity index (χ1) is 4.29. The number of hydrogen-bond acceptors (Lipinski definition) is 2. The predicted molar refractivity (Wildman–Crippen MR) is 34.5 cm³/mol. The van der Waals surface area contributed by atoms with Crippen LogP contribution in [0.2, 0.25) is 0 Å². The minimum Gasteiger partial charge on any atom is -0.466 e. The molecule has 1 unspecified atom stereocenters. The Morgan fingerprint density at radius 3 is 3.11 bits per heavy atom. The van der Waals surface area contributed by atoms with Gasteiger partial charge in [-0.05, 0) is 12.8 Å². The topological polar surface area (TPSA) is 26.3 Å². The minimum atomic E-state index is -0.113. The van der Waals surface area contributed by atoms with E-state index in [1.807, 2.05) is 0 Å². The van der Waals surface area contributed by atoms with E-state index < -0.39 is 0 Å². The Morgan fingerprint density at radius 1 is 1.56 bits per heavy atom. The van der Waals surface area contributed by atoms with Crippen molar-refractivity contribution >= 4 is 17.6 Å². The third kappa shape index (κ3) is 2.22. The largest absolute Gasteiger partial charge is 0.466 e. The zero-order valence-electron chi connectivity index (χ0n) is 5.10. The zero-order valence-corrected chi connectivity index (χ0v) is 5.86. The van der Waals surface area contributed by atoms with Crippen molar-refractivity contribution in [3.8, 4) is 0 Å². The zero-order chi connectivity index (χ0) is 6.69. The highest BCUT2D eigenvalue weighted by Gasteiger charge is 2.13. The molecule has 0 N–H and O–H groups in total. The molecule has 0 aliphatic carbocycles. The van der Waals surface area contributed by atoms with Crippen LogP contribution in [-0.2, 0) is 9.53 Å². The first-order valence-electron chi connectivity index (χ1n) is 3.09. The van der Waals surface area contributed by atoms with E-state index in [9.17, 15) is 4.79 Å². The second kappa shape index (κ2) is 3.06. The number of halogens is 1. The lowest BCUT2D eigenvalue weighted by Gasteiger charge is -1.98. The predicted octanol–water partition coefficient (Wildman–Crippen LogP) is 1.32. The van der Waals surface area contributed by atoms with Crippen molar-refractivity contribution in [1.29, 1.82) is 0 Å². The van der Waals surface area contributed by atoms with Crippen molar-refractivity contribution < 1.29 is 9.53 Å². The number of alkyl halides is 1. The Labute approximate surface area is 59.1 Å². The van der Waals surface area contributed by atoms with Crippen LogP contribution in [0.1, 0.15) is 19.3 Å². The van der Waals surface area contributed by atoms with Gasteiger partial charge in [0.2, 0.25) is 0 Å². The van der Waals surface area contributed by atoms with Crippen LogP contribution in [-0.4, -0.2) is 18.0 Å². The smallest absolute Gasteiger partial charge is 0.305 e. The van der Waals surface area contributed by atoms with E-state index in [4.69, 9.17) is 16.3 Å². The molecule has 0 saturated carbocycles. The molecule has 0 aromatic carbocycles. The monoisotopic (exact) mass is 148 g/mol. The van der Waals surface area contributed by atoms with Gasteiger partial charge >= 0.3 is 5.97 Å². The van der Waals surface area contributed by atoms with Gasteiger partial charge in [-0.2, -0.15) is 0 Å². The molecule has 1 saturated heterocycles. The molecular weight excluding hydrogens is 140 g/mol. The number of carbonyl (C=O) groups excluding carboxylic acids is 1. The van der Waals surface area contributed by atoms with E-state index >= 15 is 0 Å². The van der Waals surface area contributed by atoms with E-state index in [1.54, 1.807) is 0 Å². The summed E-state index contributed by atoms with van der Waals surface area (Å²) < 4.78 is 4.75. The molecule has 9 heavy (non-hydrogen) atoms. The fourth-order valence-electron chi connectivity index (χ4n) is 0.792. The first kappa shape index (κ1) is 6.87. The fourth-order valence-corrected chi connectivity index (χ4v) is 0.990. The Morgan fingerprint density at radius 2 is 2.33 bits per heavy atom. The molecule has 0 aromatic rings.